The molecule has 23 heavy (non-hydrogen) atoms. The van der Waals surface area contributed by atoms with E-state index in [1.807, 2.05) is 13.8 Å². The minimum Gasteiger partial charge on any atom is -0.461 e. The molecule has 0 amide bonds. The third kappa shape index (κ3) is 3.30. The quantitative estimate of drug-likeness (QED) is 0.781. The Kier molecular flexibility index (Phi) is 4.77. The van der Waals surface area contributed by atoms with Crippen molar-refractivity contribution in [1.29, 1.82) is 0 Å². The molecule has 3 heterocycles. The second-order valence-corrected chi connectivity index (χ2v) is 6.61. The van der Waals surface area contributed by atoms with Crippen molar-refractivity contribution in [3.63, 3.8) is 0 Å². The van der Waals surface area contributed by atoms with Gasteiger partial charge in [0.15, 0.2) is 5.69 Å². The van der Waals surface area contributed by atoms with Crippen molar-refractivity contribution in [2.45, 2.75) is 46.2 Å². The average Bonchev–Trinajstić information content (AvgIpc) is 3.23. The predicted molar refractivity (Wildman–Crippen MR) is 86.4 cm³/mol. The highest BCUT2D eigenvalue weighted by Gasteiger charge is 2.30. The first-order chi connectivity index (χ1) is 11.1. The number of carbonyl (C=O) groups excluding carboxylic acids is 1. The maximum atomic E-state index is 11.8. The Morgan fingerprint density at radius 2 is 2.35 bits per heavy atom. The number of esters is 1. The SMILES string of the molecule is CCOC(=O)c1csc(C2CCCN2Cc2c(C)noc2C)n1. The first kappa shape index (κ1) is 16.1. The fourth-order valence-electron chi connectivity index (χ4n) is 2.97. The summed E-state index contributed by atoms with van der Waals surface area (Å²) in [6.07, 6.45) is 2.18. The molecule has 0 N–H and O–H groups in total. The van der Waals surface area contributed by atoms with Crippen molar-refractivity contribution in [3.05, 3.63) is 33.1 Å². The second-order valence-electron chi connectivity index (χ2n) is 5.72. The van der Waals surface area contributed by atoms with Crippen molar-refractivity contribution >= 4 is 17.3 Å². The number of carbonyl (C=O) groups is 1. The Morgan fingerprint density at radius 3 is 3.04 bits per heavy atom. The van der Waals surface area contributed by atoms with Gasteiger partial charge >= 0.3 is 5.97 Å². The first-order valence-electron chi connectivity index (χ1n) is 7.88. The zero-order valence-corrected chi connectivity index (χ0v) is 14.5. The summed E-state index contributed by atoms with van der Waals surface area (Å²) in [5, 5.41) is 6.80. The van der Waals surface area contributed by atoms with Gasteiger partial charge in [-0.3, -0.25) is 4.90 Å². The summed E-state index contributed by atoms with van der Waals surface area (Å²) >= 11 is 1.53. The molecular formula is C16H21N3O3S. The molecule has 3 rings (SSSR count). The number of likely N-dealkylation sites (tertiary alicyclic amines) is 1. The third-order valence-electron chi connectivity index (χ3n) is 4.20. The van der Waals surface area contributed by atoms with Crippen LogP contribution in [0.15, 0.2) is 9.90 Å². The summed E-state index contributed by atoms with van der Waals surface area (Å²) in [6, 6.07) is 0.247. The largest absolute Gasteiger partial charge is 0.461 e. The molecule has 124 valence electrons. The van der Waals surface area contributed by atoms with Gasteiger partial charge in [0.2, 0.25) is 0 Å². The van der Waals surface area contributed by atoms with E-state index in [-0.39, 0.29) is 12.0 Å². The van der Waals surface area contributed by atoms with Crippen molar-refractivity contribution in [1.82, 2.24) is 15.0 Å². The lowest BCUT2D eigenvalue weighted by Crippen LogP contribution is -2.23. The maximum absolute atomic E-state index is 11.8. The molecule has 0 saturated carbocycles. The fraction of sp³-hybridized carbons (Fsp3) is 0.562. The highest BCUT2D eigenvalue weighted by Crippen LogP contribution is 2.35. The number of ether oxygens (including phenoxy) is 1. The van der Waals surface area contributed by atoms with E-state index in [2.05, 4.69) is 15.0 Å². The molecule has 1 aliphatic heterocycles. The van der Waals surface area contributed by atoms with Crippen molar-refractivity contribution in [2.24, 2.45) is 0 Å². The molecule has 1 saturated heterocycles. The minimum absolute atomic E-state index is 0.247. The fourth-order valence-corrected chi connectivity index (χ4v) is 3.92. The van der Waals surface area contributed by atoms with E-state index in [0.717, 1.165) is 48.0 Å². The van der Waals surface area contributed by atoms with Gasteiger partial charge in [-0.15, -0.1) is 11.3 Å². The summed E-state index contributed by atoms with van der Waals surface area (Å²) in [5.41, 5.74) is 2.51. The van der Waals surface area contributed by atoms with Gasteiger partial charge in [0.05, 0.1) is 18.3 Å². The minimum atomic E-state index is -0.342. The lowest BCUT2D eigenvalue weighted by Gasteiger charge is -2.22. The number of nitrogens with zero attached hydrogens (tertiary/aromatic N) is 3. The monoisotopic (exact) mass is 335 g/mol. The van der Waals surface area contributed by atoms with Gasteiger partial charge in [0, 0.05) is 17.5 Å². The van der Waals surface area contributed by atoms with Gasteiger partial charge in [0.1, 0.15) is 10.8 Å². The molecule has 1 aliphatic rings. The highest BCUT2D eigenvalue weighted by atomic mass is 32.1. The Bertz CT molecular complexity index is 675. The van der Waals surface area contributed by atoms with E-state index in [9.17, 15) is 4.79 Å². The van der Waals surface area contributed by atoms with Gasteiger partial charge < -0.3 is 9.26 Å². The molecule has 0 radical (unpaired) electrons. The summed E-state index contributed by atoms with van der Waals surface area (Å²) in [5.74, 6) is 0.532. The maximum Gasteiger partial charge on any atom is 0.357 e. The van der Waals surface area contributed by atoms with Crippen molar-refractivity contribution in [2.75, 3.05) is 13.2 Å². The van der Waals surface area contributed by atoms with E-state index >= 15 is 0 Å². The lowest BCUT2D eigenvalue weighted by molar-refractivity contribution is 0.0520. The van der Waals surface area contributed by atoms with Crippen LogP contribution >= 0.6 is 11.3 Å². The summed E-state index contributed by atoms with van der Waals surface area (Å²) in [7, 11) is 0. The van der Waals surface area contributed by atoms with Crippen LogP contribution in [0.3, 0.4) is 0 Å². The summed E-state index contributed by atoms with van der Waals surface area (Å²) < 4.78 is 10.3. The Morgan fingerprint density at radius 1 is 1.52 bits per heavy atom. The molecule has 2 aromatic heterocycles. The standard InChI is InChI=1S/C16H21N3O3S/c1-4-21-16(20)13-9-23-15(17-13)14-6-5-7-19(14)8-12-10(2)18-22-11(12)3/h9,14H,4-8H2,1-3H3. The molecule has 1 atom stereocenters. The second kappa shape index (κ2) is 6.80. The molecule has 2 aromatic rings. The Balaban J connectivity index is 1.75. The van der Waals surface area contributed by atoms with E-state index in [0.29, 0.717) is 12.3 Å². The van der Waals surface area contributed by atoms with Crippen LogP contribution in [0.2, 0.25) is 0 Å². The molecule has 0 spiro atoms. The van der Waals surface area contributed by atoms with Crippen LogP contribution in [0.25, 0.3) is 0 Å². The van der Waals surface area contributed by atoms with E-state index in [1.165, 1.54) is 11.3 Å². The topological polar surface area (TPSA) is 68.5 Å². The van der Waals surface area contributed by atoms with Crippen LogP contribution in [0.4, 0.5) is 0 Å². The zero-order valence-electron chi connectivity index (χ0n) is 13.7. The van der Waals surface area contributed by atoms with Crippen LogP contribution in [-0.2, 0) is 11.3 Å². The molecule has 0 aliphatic carbocycles. The van der Waals surface area contributed by atoms with Gasteiger partial charge in [-0.2, -0.15) is 0 Å². The molecule has 1 fully saturated rings. The molecule has 0 bridgehead atoms. The van der Waals surface area contributed by atoms with Gasteiger partial charge in [-0.05, 0) is 40.2 Å². The average molecular weight is 335 g/mol. The van der Waals surface area contributed by atoms with Crippen LogP contribution in [0, 0.1) is 13.8 Å². The first-order valence-corrected chi connectivity index (χ1v) is 8.76. The molecule has 1 unspecified atom stereocenters. The van der Waals surface area contributed by atoms with Crippen LogP contribution < -0.4 is 0 Å². The third-order valence-corrected chi connectivity index (χ3v) is 5.14. The zero-order chi connectivity index (χ0) is 16.4. The van der Waals surface area contributed by atoms with Gasteiger partial charge in [-0.25, -0.2) is 9.78 Å². The number of thiazole rings is 1. The smallest absolute Gasteiger partial charge is 0.357 e. The van der Waals surface area contributed by atoms with Gasteiger partial charge in [0.25, 0.3) is 0 Å². The number of aromatic nitrogens is 2. The molecule has 6 nitrogen and oxygen atoms in total. The Labute approximate surface area is 139 Å². The van der Waals surface area contributed by atoms with E-state index < -0.39 is 0 Å². The number of hydrogen-bond acceptors (Lipinski definition) is 7. The van der Waals surface area contributed by atoms with Crippen molar-refractivity contribution in [3.8, 4) is 0 Å². The van der Waals surface area contributed by atoms with Crippen LogP contribution in [0.5, 0.6) is 0 Å². The van der Waals surface area contributed by atoms with Gasteiger partial charge in [-0.1, -0.05) is 5.16 Å². The highest BCUT2D eigenvalue weighted by molar-refractivity contribution is 7.09. The number of aryl methyl sites for hydroxylation is 2. The summed E-state index contributed by atoms with van der Waals surface area (Å²) in [4.78, 5) is 18.7. The normalized spacial score (nSPS) is 18.5. The van der Waals surface area contributed by atoms with Crippen molar-refractivity contribution < 1.29 is 14.1 Å². The molecule has 7 heteroatoms. The van der Waals surface area contributed by atoms with E-state index in [1.54, 1.807) is 12.3 Å². The predicted octanol–water partition coefficient (Wildman–Crippen LogP) is 3.26. The summed E-state index contributed by atoms with van der Waals surface area (Å²) in [6.45, 7) is 7.91. The molecule has 0 aromatic carbocycles. The number of hydrogen-bond donors (Lipinski definition) is 0. The van der Waals surface area contributed by atoms with Crippen LogP contribution in [0.1, 0.15) is 58.3 Å². The van der Waals surface area contributed by atoms with Crippen LogP contribution in [-0.4, -0.2) is 34.2 Å². The van der Waals surface area contributed by atoms with E-state index in [4.69, 9.17) is 9.26 Å². The molecular weight excluding hydrogens is 314 g/mol. The lowest BCUT2D eigenvalue weighted by atomic mass is 10.1. The number of rotatable bonds is 5. The Hall–Kier alpha value is -1.73.